The van der Waals surface area contributed by atoms with E-state index in [9.17, 15) is 4.79 Å². The van der Waals surface area contributed by atoms with Gasteiger partial charge in [-0.05, 0) is 18.3 Å². The first-order valence-corrected chi connectivity index (χ1v) is 7.70. The van der Waals surface area contributed by atoms with Crippen LogP contribution in [0.2, 0.25) is 0 Å². The molecule has 1 aromatic rings. The van der Waals surface area contributed by atoms with Gasteiger partial charge in [0.2, 0.25) is 0 Å². The van der Waals surface area contributed by atoms with E-state index in [1.165, 1.54) is 6.42 Å². The smallest absolute Gasteiger partial charge is 0.169 e. The quantitative estimate of drug-likeness (QED) is 0.776. The zero-order chi connectivity index (χ0) is 14.8. The molecule has 0 saturated carbocycles. The molecule has 1 aromatic carbocycles. The summed E-state index contributed by atoms with van der Waals surface area (Å²) in [4.78, 5) is 15.1. The molecule has 0 spiro atoms. The van der Waals surface area contributed by atoms with Crippen LogP contribution >= 0.6 is 0 Å². The Morgan fingerprint density at radius 2 is 1.70 bits per heavy atom. The van der Waals surface area contributed by atoms with Crippen molar-refractivity contribution < 1.29 is 4.79 Å². The van der Waals surface area contributed by atoms with Gasteiger partial charge in [-0.1, -0.05) is 58.0 Å². The third kappa shape index (κ3) is 3.69. The Bertz CT molecular complexity index is 442. The van der Waals surface area contributed by atoms with Crippen molar-refractivity contribution >= 4 is 5.78 Å². The topological polar surface area (TPSA) is 20.3 Å². The molecule has 2 nitrogen and oxygen atoms in total. The van der Waals surface area contributed by atoms with E-state index in [0.717, 1.165) is 37.0 Å². The van der Waals surface area contributed by atoms with Gasteiger partial charge in [0, 0.05) is 30.6 Å². The van der Waals surface area contributed by atoms with Gasteiger partial charge in [-0.2, -0.15) is 0 Å². The summed E-state index contributed by atoms with van der Waals surface area (Å²) in [6.07, 6.45) is 1.31. The van der Waals surface area contributed by atoms with Gasteiger partial charge >= 0.3 is 0 Å². The van der Waals surface area contributed by atoms with Crippen molar-refractivity contribution in [3.63, 3.8) is 0 Å². The molecule has 0 aromatic heterocycles. The van der Waals surface area contributed by atoms with E-state index in [2.05, 4.69) is 32.6 Å². The monoisotopic (exact) mass is 273 g/mol. The molecule has 1 saturated heterocycles. The number of benzene rings is 1. The third-order valence-corrected chi connectivity index (χ3v) is 4.21. The Kier molecular flexibility index (Phi) is 4.64. The maximum absolute atomic E-state index is 12.7. The number of piperidine rings is 1. The summed E-state index contributed by atoms with van der Waals surface area (Å²) in [5, 5.41) is 0. The molecule has 1 heterocycles. The number of hydrogen-bond acceptors (Lipinski definition) is 2. The summed E-state index contributed by atoms with van der Waals surface area (Å²) in [5.41, 5.74) is 0.508. The maximum Gasteiger partial charge on any atom is 0.169 e. The van der Waals surface area contributed by atoms with Crippen LogP contribution in [0.1, 0.15) is 44.5 Å². The standard InChI is InChI=1S/C18H27NO/c1-14-10-15(2)12-19(11-14)13-18(3,4)17(20)16-8-6-5-7-9-16/h5-9,14-15H,10-13H2,1-4H3. The van der Waals surface area contributed by atoms with Crippen LogP contribution < -0.4 is 0 Å². The Morgan fingerprint density at radius 3 is 2.25 bits per heavy atom. The Morgan fingerprint density at radius 1 is 1.15 bits per heavy atom. The molecule has 0 amide bonds. The second-order valence-electron chi connectivity index (χ2n) is 7.22. The minimum absolute atomic E-state index is 0.254. The zero-order valence-corrected chi connectivity index (χ0v) is 13.2. The molecule has 20 heavy (non-hydrogen) atoms. The molecular formula is C18H27NO. The second-order valence-corrected chi connectivity index (χ2v) is 7.22. The van der Waals surface area contributed by atoms with Crippen LogP contribution in [0.15, 0.2) is 30.3 Å². The number of carbonyl (C=O) groups excluding carboxylic acids is 1. The highest BCUT2D eigenvalue weighted by molar-refractivity contribution is 6.00. The van der Waals surface area contributed by atoms with E-state index in [4.69, 9.17) is 0 Å². The number of rotatable bonds is 4. The highest BCUT2D eigenvalue weighted by Gasteiger charge is 2.33. The van der Waals surface area contributed by atoms with Gasteiger partial charge in [0.05, 0.1) is 0 Å². The molecule has 2 heteroatoms. The van der Waals surface area contributed by atoms with Crippen LogP contribution in [-0.4, -0.2) is 30.3 Å². The summed E-state index contributed by atoms with van der Waals surface area (Å²) in [5.74, 6) is 1.73. The largest absolute Gasteiger partial charge is 0.302 e. The fraction of sp³-hybridized carbons (Fsp3) is 0.611. The van der Waals surface area contributed by atoms with Gasteiger partial charge in [0.25, 0.3) is 0 Å². The number of Topliss-reactive ketones (excluding diaryl/α,β-unsaturated/α-hetero) is 1. The van der Waals surface area contributed by atoms with Crippen LogP contribution in [-0.2, 0) is 0 Å². The molecule has 2 atom stereocenters. The summed E-state index contributed by atoms with van der Waals surface area (Å²) >= 11 is 0. The van der Waals surface area contributed by atoms with Gasteiger partial charge in [0.15, 0.2) is 5.78 Å². The van der Waals surface area contributed by atoms with Crippen molar-refractivity contribution in [2.45, 2.75) is 34.1 Å². The molecule has 2 rings (SSSR count). The Hall–Kier alpha value is -1.15. The molecule has 1 fully saturated rings. The van der Waals surface area contributed by atoms with Crippen LogP contribution in [0.4, 0.5) is 0 Å². The van der Waals surface area contributed by atoms with Crippen LogP contribution in [0.5, 0.6) is 0 Å². The van der Waals surface area contributed by atoms with Gasteiger partial charge in [-0.15, -0.1) is 0 Å². The van der Waals surface area contributed by atoms with Gasteiger partial charge in [-0.25, -0.2) is 0 Å². The fourth-order valence-corrected chi connectivity index (χ4v) is 3.53. The van der Waals surface area contributed by atoms with Crippen molar-refractivity contribution in [2.24, 2.45) is 17.3 Å². The number of nitrogens with zero attached hydrogens (tertiary/aromatic N) is 1. The predicted molar refractivity (Wildman–Crippen MR) is 83.9 cm³/mol. The lowest BCUT2D eigenvalue weighted by Gasteiger charge is -2.39. The zero-order valence-electron chi connectivity index (χ0n) is 13.2. The number of carbonyl (C=O) groups is 1. The van der Waals surface area contributed by atoms with Gasteiger partial charge in [0.1, 0.15) is 0 Å². The molecular weight excluding hydrogens is 246 g/mol. The summed E-state index contributed by atoms with van der Waals surface area (Å²) < 4.78 is 0. The minimum atomic E-state index is -0.321. The van der Waals surface area contributed by atoms with Crippen molar-refractivity contribution in [2.75, 3.05) is 19.6 Å². The predicted octanol–water partition coefficient (Wildman–Crippen LogP) is 3.87. The van der Waals surface area contributed by atoms with Crippen molar-refractivity contribution in [3.05, 3.63) is 35.9 Å². The van der Waals surface area contributed by atoms with E-state index in [1.54, 1.807) is 0 Å². The summed E-state index contributed by atoms with van der Waals surface area (Å²) in [6, 6.07) is 9.68. The van der Waals surface area contributed by atoms with Crippen molar-refractivity contribution in [3.8, 4) is 0 Å². The van der Waals surface area contributed by atoms with Gasteiger partial charge < -0.3 is 4.90 Å². The van der Waals surface area contributed by atoms with E-state index in [0.29, 0.717) is 0 Å². The average Bonchev–Trinajstić information content (AvgIpc) is 2.37. The first-order valence-electron chi connectivity index (χ1n) is 7.70. The lowest BCUT2D eigenvalue weighted by atomic mass is 9.82. The third-order valence-electron chi connectivity index (χ3n) is 4.21. The first kappa shape index (κ1) is 15.2. The van der Waals surface area contributed by atoms with E-state index >= 15 is 0 Å². The average molecular weight is 273 g/mol. The minimum Gasteiger partial charge on any atom is -0.302 e. The lowest BCUT2D eigenvalue weighted by Crippen LogP contribution is -2.45. The molecule has 0 aliphatic carbocycles. The van der Waals surface area contributed by atoms with Crippen molar-refractivity contribution in [1.82, 2.24) is 4.90 Å². The SMILES string of the molecule is CC1CC(C)CN(CC(C)(C)C(=O)c2ccccc2)C1. The lowest BCUT2D eigenvalue weighted by molar-refractivity contribution is 0.0655. The Labute approximate surface area is 123 Å². The number of hydrogen-bond donors (Lipinski definition) is 0. The molecule has 0 bridgehead atoms. The van der Waals surface area contributed by atoms with Crippen LogP contribution in [0.3, 0.4) is 0 Å². The molecule has 0 radical (unpaired) electrons. The van der Waals surface area contributed by atoms with Crippen LogP contribution in [0.25, 0.3) is 0 Å². The summed E-state index contributed by atoms with van der Waals surface area (Å²) in [6.45, 7) is 11.9. The fourth-order valence-electron chi connectivity index (χ4n) is 3.53. The highest BCUT2D eigenvalue weighted by Crippen LogP contribution is 2.27. The van der Waals surface area contributed by atoms with E-state index < -0.39 is 0 Å². The molecule has 0 N–H and O–H groups in total. The molecule has 1 aliphatic heterocycles. The highest BCUT2D eigenvalue weighted by atomic mass is 16.1. The normalized spacial score (nSPS) is 24.6. The number of ketones is 1. The van der Waals surface area contributed by atoms with E-state index in [-0.39, 0.29) is 11.2 Å². The maximum atomic E-state index is 12.7. The Balaban J connectivity index is 2.05. The van der Waals surface area contributed by atoms with E-state index in [1.807, 2.05) is 30.3 Å². The summed E-state index contributed by atoms with van der Waals surface area (Å²) in [7, 11) is 0. The first-order chi connectivity index (χ1) is 9.38. The number of likely N-dealkylation sites (tertiary alicyclic amines) is 1. The second kappa shape index (κ2) is 6.09. The van der Waals surface area contributed by atoms with Crippen LogP contribution in [0, 0.1) is 17.3 Å². The molecule has 1 aliphatic rings. The molecule has 2 unspecified atom stereocenters. The van der Waals surface area contributed by atoms with Gasteiger partial charge in [-0.3, -0.25) is 4.79 Å². The van der Waals surface area contributed by atoms with Crippen molar-refractivity contribution in [1.29, 1.82) is 0 Å². The molecule has 110 valence electrons.